The molecule has 0 aliphatic carbocycles. The first-order valence-electron chi connectivity index (χ1n) is 4.92. The van der Waals surface area contributed by atoms with Crippen molar-refractivity contribution in [2.24, 2.45) is 0 Å². The second-order valence-electron chi connectivity index (χ2n) is 3.75. The Morgan fingerprint density at radius 3 is 2.43 bits per heavy atom. The van der Waals surface area contributed by atoms with Gasteiger partial charge >= 0.3 is 0 Å². The Morgan fingerprint density at radius 1 is 1.14 bits per heavy atom. The molecule has 0 saturated carbocycles. The Kier molecular flexibility index (Phi) is 3.63. The Hall–Kier alpha value is 0.140. The van der Waals surface area contributed by atoms with Crippen LogP contribution in [-0.4, -0.2) is 13.1 Å². The molecule has 76 valence electrons. The highest BCUT2D eigenvalue weighted by molar-refractivity contribution is 9.11. The molecule has 1 fully saturated rings. The molecule has 1 aliphatic heterocycles. The minimum atomic E-state index is 0.678. The summed E-state index contributed by atoms with van der Waals surface area (Å²) in [5.41, 5.74) is 1.43. The van der Waals surface area contributed by atoms with Crippen LogP contribution in [-0.2, 0) is 0 Å². The predicted octanol–water partition coefficient (Wildman–Crippen LogP) is 3.68. The molecule has 1 heterocycles. The molecule has 0 radical (unpaired) electrons. The molecule has 0 unspecified atom stereocenters. The van der Waals surface area contributed by atoms with Gasteiger partial charge in [-0.3, -0.25) is 0 Å². The van der Waals surface area contributed by atoms with E-state index in [4.69, 9.17) is 0 Å². The molecular weight excluding hydrogens is 306 g/mol. The third-order valence-electron chi connectivity index (χ3n) is 2.65. The minimum Gasteiger partial charge on any atom is -0.316 e. The monoisotopic (exact) mass is 317 g/mol. The van der Waals surface area contributed by atoms with E-state index in [-0.39, 0.29) is 0 Å². The second-order valence-corrected chi connectivity index (χ2v) is 5.58. The van der Waals surface area contributed by atoms with E-state index in [0.717, 1.165) is 15.5 Å². The van der Waals surface area contributed by atoms with Gasteiger partial charge in [0.25, 0.3) is 0 Å². The molecular formula is C11H13Br2N. The van der Waals surface area contributed by atoms with Gasteiger partial charge in [-0.25, -0.2) is 0 Å². The number of nitrogens with one attached hydrogen (secondary N) is 1. The van der Waals surface area contributed by atoms with Crippen LogP contribution in [0.3, 0.4) is 0 Å². The number of hydrogen-bond acceptors (Lipinski definition) is 1. The fourth-order valence-corrected chi connectivity index (χ4v) is 3.28. The summed E-state index contributed by atoms with van der Waals surface area (Å²) in [5.74, 6) is 0.678. The van der Waals surface area contributed by atoms with Crippen LogP contribution in [0, 0.1) is 0 Å². The largest absolute Gasteiger partial charge is 0.316 e. The average Bonchev–Trinajstić information content (AvgIpc) is 2.18. The van der Waals surface area contributed by atoms with E-state index in [0.29, 0.717) is 5.92 Å². The zero-order valence-corrected chi connectivity index (χ0v) is 11.1. The third-order valence-corrected chi connectivity index (χ3v) is 3.57. The molecule has 1 atom stereocenters. The molecule has 14 heavy (non-hydrogen) atoms. The van der Waals surface area contributed by atoms with Gasteiger partial charge in [-0.2, -0.15) is 0 Å². The molecule has 3 heteroatoms. The summed E-state index contributed by atoms with van der Waals surface area (Å²) in [6.07, 6.45) is 2.59. The molecule has 1 nitrogen and oxygen atoms in total. The maximum Gasteiger partial charge on any atom is 0.0189 e. The molecule has 1 saturated heterocycles. The van der Waals surface area contributed by atoms with Gasteiger partial charge in [0.1, 0.15) is 0 Å². The van der Waals surface area contributed by atoms with Crippen LogP contribution in [0.15, 0.2) is 27.1 Å². The average molecular weight is 319 g/mol. The smallest absolute Gasteiger partial charge is 0.0189 e. The molecule has 0 bridgehead atoms. The van der Waals surface area contributed by atoms with E-state index in [1.165, 1.54) is 24.9 Å². The lowest BCUT2D eigenvalue weighted by atomic mass is 9.92. The van der Waals surface area contributed by atoms with Crippen LogP contribution < -0.4 is 5.32 Å². The number of benzene rings is 1. The van der Waals surface area contributed by atoms with Crippen LogP contribution in [0.4, 0.5) is 0 Å². The Bertz CT molecular complexity index is 299. The summed E-state index contributed by atoms with van der Waals surface area (Å²) in [6, 6.07) is 6.53. The predicted molar refractivity (Wildman–Crippen MR) is 66.7 cm³/mol. The summed E-state index contributed by atoms with van der Waals surface area (Å²) in [5, 5.41) is 3.44. The summed E-state index contributed by atoms with van der Waals surface area (Å²) >= 11 is 7.06. The van der Waals surface area contributed by atoms with Crippen molar-refractivity contribution < 1.29 is 0 Å². The first-order valence-corrected chi connectivity index (χ1v) is 6.51. The number of rotatable bonds is 1. The number of piperidine rings is 1. The van der Waals surface area contributed by atoms with Gasteiger partial charge in [-0.15, -0.1) is 0 Å². The number of halogens is 2. The molecule has 0 amide bonds. The van der Waals surface area contributed by atoms with Gasteiger partial charge in [0, 0.05) is 15.5 Å². The van der Waals surface area contributed by atoms with Crippen molar-refractivity contribution in [2.45, 2.75) is 18.8 Å². The van der Waals surface area contributed by atoms with E-state index in [9.17, 15) is 0 Å². The summed E-state index contributed by atoms with van der Waals surface area (Å²) in [7, 11) is 0. The highest BCUT2D eigenvalue weighted by atomic mass is 79.9. The van der Waals surface area contributed by atoms with Crippen molar-refractivity contribution >= 4 is 31.9 Å². The van der Waals surface area contributed by atoms with Crippen molar-refractivity contribution in [2.75, 3.05) is 13.1 Å². The van der Waals surface area contributed by atoms with Crippen molar-refractivity contribution in [1.82, 2.24) is 5.32 Å². The van der Waals surface area contributed by atoms with Gasteiger partial charge in [0.15, 0.2) is 0 Å². The first-order chi connectivity index (χ1) is 6.75. The van der Waals surface area contributed by atoms with Gasteiger partial charge in [0.05, 0.1) is 0 Å². The van der Waals surface area contributed by atoms with Crippen molar-refractivity contribution in [3.05, 3.63) is 32.7 Å². The molecule has 1 aliphatic rings. The SMILES string of the molecule is Brc1cc(Br)cc([C@H]2CCCNC2)c1. The quantitative estimate of drug-likeness (QED) is 0.833. The summed E-state index contributed by atoms with van der Waals surface area (Å²) in [4.78, 5) is 0. The van der Waals surface area contributed by atoms with E-state index < -0.39 is 0 Å². The van der Waals surface area contributed by atoms with Crippen LogP contribution in [0.1, 0.15) is 24.3 Å². The zero-order valence-electron chi connectivity index (χ0n) is 7.89. The molecule has 1 N–H and O–H groups in total. The summed E-state index contributed by atoms with van der Waals surface area (Å²) < 4.78 is 2.32. The van der Waals surface area contributed by atoms with E-state index >= 15 is 0 Å². The zero-order chi connectivity index (χ0) is 9.97. The first kappa shape index (κ1) is 10.7. The van der Waals surface area contributed by atoms with Gasteiger partial charge < -0.3 is 5.32 Å². The standard InChI is InChI=1S/C11H13Br2N/c12-10-4-9(5-11(13)6-10)8-2-1-3-14-7-8/h4-6,8,14H,1-3,7H2/t8-/m0/s1. The van der Waals surface area contributed by atoms with Gasteiger partial charge in [-0.1, -0.05) is 31.9 Å². The fraction of sp³-hybridized carbons (Fsp3) is 0.455. The summed E-state index contributed by atoms with van der Waals surface area (Å²) in [6.45, 7) is 2.29. The molecule has 0 spiro atoms. The highest BCUT2D eigenvalue weighted by Crippen LogP contribution is 2.28. The van der Waals surface area contributed by atoms with Gasteiger partial charge in [-0.05, 0) is 49.1 Å². The number of hydrogen-bond donors (Lipinski definition) is 1. The van der Waals surface area contributed by atoms with Gasteiger partial charge in [0.2, 0.25) is 0 Å². The highest BCUT2D eigenvalue weighted by Gasteiger charge is 2.15. The second kappa shape index (κ2) is 4.77. The van der Waals surface area contributed by atoms with Crippen molar-refractivity contribution in [3.63, 3.8) is 0 Å². The lowest BCUT2D eigenvalue weighted by molar-refractivity contribution is 0.461. The lowest BCUT2D eigenvalue weighted by Crippen LogP contribution is -2.28. The maximum atomic E-state index is 3.53. The van der Waals surface area contributed by atoms with E-state index in [1.807, 2.05) is 0 Å². The topological polar surface area (TPSA) is 12.0 Å². The Labute approximate surface area is 102 Å². The Morgan fingerprint density at radius 2 is 1.86 bits per heavy atom. The van der Waals surface area contributed by atoms with Crippen LogP contribution in [0.2, 0.25) is 0 Å². The van der Waals surface area contributed by atoms with E-state index in [1.54, 1.807) is 0 Å². The Balaban J connectivity index is 2.21. The normalized spacial score (nSPS) is 22.3. The van der Waals surface area contributed by atoms with E-state index in [2.05, 4.69) is 55.4 Å². The van der Waals surface area contributed by atoms with Crippen LogP contribution >= 0.6 is 31.9 Å². The molecule has 1 aromatic rings. The molecule has 1 aromatic carbocycles. The molecule has 0 aromatic heterocycles. The van der Waals surface area contributed by atoms with Crippen molar-refractivity contribution in [3.8, 4) is 0 Å². The van der Waals surface area contributed by atoms with Crippen molar-refractivity contribution in [1.29, 1.82) is 0 Å². The lowest BCUT2D eigenvalue weighted by Gasteiger charge is -2.23. The maximum absolute atomic E-state index is 3.53. The minimum absolute atomic E-state index is 0.678. The fourth-order valence-electron chi connectivity index (χ4n) is 1.95. The van der Waals surface area contributed by atoms with Crippen LogP contribution in [0.25, 0.3) is 0 Å². The third kappa shape index (κ3) is 2.59. The van der Waals surface area contributed by atoms with Crippen LogP contribution in [0.5, 0.6) is 0 Å². The molecule has 2 rings (SSSR count).